The smallest absolute Gasteiger partial charge is 0.724 e. The first-order valence-corrected chi connectivity index (χ1v) is 12.5. The predicted octanol–water partition coefficient (Wildman–Crippen LogP) is -3.51. The molecular weight excluding hydrogens is 377 g/mol. The van der Waals surface area contributed by atoms with Crippen molar-refractivity contribution >= 4 is 29.8 Å². The number of nitrogens with zero attached hydrogens (tertiary/aromatic N) is 5. The summed E-state index contributed by atoms with van der Waals surface area (Å²) in [6.45, 7) is 7.35. The average Bonchev–Trinajstić information content (AvgIpc) is 3.00. The molecule has 25 heavy (non-hydrogen) atoms. The number of carbonyl (C=O) groups excluding carboxylic acids is 1. The molecule has 0 spiro atoms. The molecule has 3 heterocycles. The van der Waals surface area contributed by atoms with Crippen LogP contribution in [0.5, 0.6) is 0 Å². The fraction of sp³-hybridized carbons (Fsp3) is 0.750. The van der Waals surface area contributed by atoms with Gasteiger partial charge in [-0.25, -0.2) is 13.2 Å². The molecule has 1 aromatic heterocycles. The molecule has 3 rings (SSSR count). The first-order chi connectivity index (χ1) is 11.0. The van der Waals surface area contributed by atoms with E-state index < -0.39 is 30.5 Å². The molecule has 2 amide bonds. The topological polar surface area (TPSA) is 121 Å². The minimum absolute atomic E-state index is 0. The molecule has 13 heteroatoms. The maximum absolute atomic E-state index is 12.3. The maximum Gasteiger partial charge on any atom is 1.00 e. The Hall–Kier alpha value is -0.503. The van der Waals surface area contributed by atoms with Gasteiger partial charge in [-0.2, -0.15) is 9.35 Å². The number of hydrogen-bond acceptors (Lipinski definition) is 7. The first kappa shape index (κ1) is 20.8. The van der Waals surface area contributed by atoms with Crippen molar-refractivity contribution in [2.24, 2.45) is 0 Å². The third kappa shape index (κ3) is 4.62. The van der Waals surface area contributed by atoms with Gasteiger partial charge in [-0.1, -0.05) is 24.9 Å². The Kier molecular flexibility index (Phi) is 6.03. The van der Waals surface area contributed by atoms with E-state index in [1.807, 2.05) is 6.20 Å². The minimum atomic E-state index is -4.96. The summed E-state index contributed by atoms with van der Waals surface area (Å²) in [6, 6.07) is -1.13. The van der Waals surface area contributed by atoms with Crippen molar-refractivity contribution in [1.82, 2.24) is 25.0 Å². The first-order valence-electron chi connectivity index (χ1n) is 7.70. The molecule has 2 atom stereocenters. The van der Waals surface area contributed by atoms with Crippen molar-refractivity contribution in [1.29, 1.82) is 0 Å². The van der Waals surface area contributed by atoms with Crippen molar-refractivity contribution in [2.45, 2.75) is 51.1 Å². The molecule has 2 aliphatic rings. The molecule has 134 valence electrons. The Balaban J connectivity index is 0.00000225. The van der Waals surface area contributed by atoms with E-state index in [1.54, 1.807) is 4.68 Å². The molecule has 0 saturated carbocycles. The Labute approximate surface area is 169 Å². The number of carbonyl (C=O) groups is 1. The van der Waals surface area contributed by atoms with Gasteiger partial charge in [0.1, 0.15) is 8.07 Å². The third-order valence-electron chi connectivity index (χ3n) is 4.32. The molecule has 0 radical (unpaired) electrons. The summed E-state index contributed by atoms with van der Waals surface area (Å²) in [4.78, 5) is 13.9. The number of piperidine rings is 1. The van der Waals surface area contributed by atoms with E-state index >= 15 is 0 Å². The molecule has 2 fully saturated rings. The van der Waals surface area contributed by atoms with E-state index in [-0.39, 0.29) is 35.6 Å². The molecule has 0 aliphatic carbocycles. The van der Waals surface area contributed by atoms with Gasteiger partial charge in [-0.05, 0) is 12.8 Å². The van der Waals surface area contributed by atoms with Crippen LogP contribution in [0.25, 0.3) is 0 Å². The van der Waals surface area contributed by atoms with Gasteiger partial charge in [0.05, 0.1) is 23.9 Å². The van der Waals surface area contributed by atoms with Gasteiger partial charge in [0.25, 0.3) is 0 Å². The van der Waals surface area contributed by atoms with Crippen LogP contribution in [0.3, 0.4) is 0 Å². The van der Waals surface area contributed by atoms with E-state index in [4.69, 9.17) is 0 Å². The van der Waals surface area contributed by atoms with Crippen LogP contribution in [0.15, 0.2) is 6.20 Å². The second kappa shape index (κ2) is 7.25. The van der Waals surface area contributed by atoms with Crippen LogP contribution in [0, 0.1) is 0 Å². The summed E-state index contributed by atoms with van der Waals surface area (Å²) in [7, 11) is -6.51. The molecule has 1 aromatic rings. The third-order valence-corrected chi connectivity index (χ3v) is 6.43. The van der Waals surface area contributed by atoms with Gasteiger partial charge in [-0.3, -0.25) is 4.68 Å². The van der Waals surface area contributed by atoms with Gasteiger partial charge in [0.2, 0.25) is 10.4 Å². The summed E-state index contributed by atoms with van der Waals surface area (Å²) >= 11 is 0. The zero-order chi connectivity index (χ0) is 17.7. The van der Waals surface area contributed by atoms with Crippen molar-refractivity contribution in [3.8, 4) is 0 Å². The Morgan fingerprint density at radius 1 is 1.36 bits per heavy atom. The summed E-state index contributed by atoms with van der Waals surface area (Å²) in [5.41, 5.74) is 0. The standard InChI is InChI=1S/C12H21N5O5SSi.Na/c1-24(2,3)11-8-15(14-13-11)6-9-4-5-10-7-16(9)12(18)17(10)22-23(19,20)21;/h8-10H,4-7H2,1-3H3,(H,19,20,21);/q;+1/p-1/t9-,10+;/m0./s1. The largest absolute Gasteiger partial charge is 1.00 e. The summed E-state index contributed by atoms with van der Waals surface area (Å²) < 4.78 is 38.4. The number of hydrogen-bond donors (Lipinski definition) is 0. The van der Waals surface area contributed by atoms with Crippen LogP contribution in [0.2, 0.25) is 19.6 Å². The number of amides is 2. The number of rotatable bonds is 5. The zero-order valence-corrected chi connectivity index (χ0v) is 18.6. The van der Waals surface area contributed by atoms with E-state index in [2.05, 4.69) is 34.2 Å². The average molecular weight is 397 g/mol. The van der Waals surface area contributed by atoms with E-state index in [0.29, 0.717) is 31.0 Å². The Morgan fingerprint density at radius 2 is 2.04 bits per heavy atom. The number of fused-ring (bicyclic) bond motifs is 2. The van der Waals surface area contributed by atoms with Crippen molar-refractivity contribution in [3.63, 3.8) is 0 Å². The Morgan fingerprint density at radius 3 is 2.60 bits per heavy atom. The van der Waals surface area contributed by atoms with Crippen molar-refractivity contribution < 1.29 is 51.6 Å². The minimum Gasteiger partial charge on any atom is -0.724 e. The molecule has 0 aromatic carbocycles. The van der Waals surface area contributed by atoms with Crippen LogP contribution in [0.4, 0.5) is 4.79 Å². The van der Waals surface area contributed by atoms with Crippen LogP contribution >= 0.6 is 0 Å². The van der Waals surface area contributed by atoms with Crippen molar-refractivity contribution in [2.75, 3.05) is 6.54 Å². The quantitative estimate of drug-likeness (QED) is 0.287. The molecule has 0 unspecified atom stereocenters. The second-order valence-corrected chi connectivity index (χ2v) is 13.2. The molecule has 2 aliphatic heterocycles. The summed E-state index contributed by atoms with van der Waals surface area (Å²) in [6.07, 6.45) is 3.16. The normalized spacial score (nSPS) is 23.8. The Bertz CT molecular complexity index is 751. The number of aromatic nitrogens is 3. The molecule has 2 saturated heterocycles. The number of hydroxylamine groups is 2. The van der Waals surface area contributed by atoms with Gasteiger partial charge < -0.3 is 9.45 Å². The maximum atomic E-state index is 12.3. The monoisotopic (exact) mass is 397 g/mol. The molecule has 0 N–H and O–H groups in total. The van der Waals surface area contributed by atoms with Crippen LogP contribution < -0.4 is 34.9 Å². The molecular formula is C12H20N5NaO5SSi. The molecule has 10 nitrogen and oxygen atoms in total. The van der Waals surface area contributed by atoms with E-state index in [9.17, 15) is 17.8 Å². The van der Waals surface area contributed by atoms with Gasteiger partial charge in [-0.15, -0.1) is 5.10 Å². The fourth-order valence-corrected chi connectivity index (χ4v) is 4.31. The summed E-state index contributed by atoms with van der Waals surface area (Å²) in [5, 5.41) is 10.0. The van der Waals surface area contributed by atoms with Crippen molar-refractivity contribution in [3.05, 3.63) is 6.20 Å². The van der Waals surface area contributed by atoms with E-state index in [0.717, 1.165) is 5.32 Å². The van der Waals surface area contributed by atoms with E-state index in [1.165, 1.54) is 4.90 Å². The second-order valence-electron chi connectivity index (χ2n) is 7.20. The summed E-state index contributed by atoms with van der Waals surface area (Å²) in [5.74, 6) is 0. The van der Waals surface area contributed by atoms with Gasteiger partial charge >= 0.3 is 35.6 Å². The SMILES string of the molecule is C[Si](C)(C)c1cn(C[C@@H]2CC[C@@H]3CN2C(=O)N3OS(=O)(=O)[O-])nn1.[Na+]. The van der Waals surface area contributed by atoms with Gasteiger partial charge in [0.15, 0.2) is 0 Å². The van der Waals surface area contributed by atoms with Crippen LogP contribution in [-0.2, 0) is 21.2 Å². The van der Waals surface area contributed by atoms with Crippen LogP contribution in [-0.4, -0.2) is 70.7 Å². The zero-order valence-electron chi connectivity index (χ0n) is 14.7. The number of urea groups is 1. The molecule has 2 bridgehead atoms. The fourth-order valence-electron chi connectivity index (χ4n) is 3.04. The van der Waals surface area contributed by atoms with Gasteiger partial charge in [0, 0.05) is 12.7 Å². The van der Waals surface area contributed by atoms with Crippen LogP contribution in [0.1, 0.15) is 12.8 Å². The predicted molar refractivity (Wildman–Crippen MR) is 84.5 cm³/mol.